The van der Waals surface area contributed by atoms with Gasteiger partial charge in [-0.2, -0.15) is 0 Å². The number of rotatable bonds is 5. The number of phenolic OH excluding ortho intramolecular Hbond substituents is 1. The van der Waals surface area contributed by atoms with Crippen LogP contribution in [0.4, 0.5) is 5.69 Å². The third kappa shape index (κ3) is 4.18. The van der Waals surface area contributed by atoms with Crippen LogP contribution >= 0.6 is 23.4 Å². The first-order valence-corrected chi connectivity index (χ1v) is 10.1. The highest BCUT2D eigenvalue weighted by atomic mass is 35.5. The van der Waals surface area contributed by atoms with Crippen molar-refractivity contribution >= 4 is 46.2 Å². The van der Waals surface area contributed by atoms with E-state index in [1.165, 1.54) is 16.7 Å². The Balaban J connectivity index is 1.95. The lowest BCUT2D eigenvalue weighted by molar-refractivity contribution is -0.121. The number of nitrogens with zero attached hydrogens (tertiary/aromatic N) is 2. The van der Waals surface area contributed by atoms with E-state index in [0.717, 1.165) is 17.7 Å². The number of halogens is 1. The first-order chi connectivity index (χ1) is 13.4. The predicted molar refractivity (Wildman–Crippen MR) is 116 cm³/mol. The minimum atomic E-state index is -0.139. The third-order valence-electron chi connectivity index (χ3n) is 4.24. The van der Waals surface area contributed by atoms with Crippen molar-refractivity contribution in [3.63, 3.8) is 0 Å². The maximum absolute atomic E-state index is 12.7. The maximum Gasteiger partial charge on any atom is 0.266 e. The molecule has 5 nitrogen and oxygen atoms in total. The minimum Gasteiger partial charge on any atom is -0.503 e. The van der Waals surface area contributed by atoms with Gasteiger partial charge in [0.25, 0.3) is 5.91 Å². The first kappa shape index (κ1) is 20.3. The van der Waals surface area contributed by atoms with Crippen LogP contribution in [-0.2, 0) is 11.2 Å². The highest BCUT2D eigenvalue weighted by molar-refractivity contribution is 8.18. The SMILES string of the molecule is CCOc1cc(/C=C2/SC(=Nc3ccccc3CC)N(C)C2=O)cc(Cl)c1O. The van der Waals surface area contributed by atoms with Gasteiger partial charge in [-0.15, -0.1) is 0 Å². The number of aromatic hydroxyl groups is 1. The molecule has 1 saturated heterocycles. The maximum atomic E-state index is 12.7. The Labute approximate surface area is 173 Å². The number of carbonyl (C=O) groups excluding carboxylic acids is 1. The van der Waals surface area contributed by atoms with Crippen molar-refractivity contribution in [1.29, 1.82) is 0 Å². The molecule has 1 aliphatic rings. The van der Waals surface area contributed by atoms with Gasteiger partial charge in [0.1, 0.15) is 0 Å². The number of thioether (sulfide) groups is 1. The summed E-state index contributed by atoms with van der Waals surface area (Å²) >= 11 is 7.40. The minimum absolute atomic E-state index is 0.105. The van der Waals surface area contributed by atoms with Crippen molar-refractivity contribution in [2.45, 2.75) is 20.3 Å². The van der Waals surface area contributed by atoms with Gasteiger partial charge in [-0.25, -0.2) is 4.99 Å². The van der Waals surface area contributed by atoms with Crippen molar-refractivity contribution in [2.75, 3.05) is 13.7 Å². The van der Waals surface area contributed by atoms with Crippen LogP contribution in [0.2, 0.25) is 5.02 Å². The van der Waals surface area contributed by atoms with Gasteiger partial charge in [0.2, 0.25) is 0 Å². The van der Waals surface area contributed by atoms with Gasteiger partial charge in [-0.3, -0.25) is 9.69 Å². The van der Waals surface area contributed by atoms with E-state index >= 15 is 0 Å². The third-order valence-corrected chi connectivity index (χ3v) is 5.59. The normalized spacial score (nSPS) is 17.0. The summed E-state index contributed by atoms with van der Waals surface area (Å²) < 4.78 is 5.41. The van der Waals surface area contributed by atoms with Gasteiger partial charge in [-0.1, -0.05) is 36.7 Å². The summed E-state index contributed by atoms with van der Waals surface area (Å²) in [5.41, 5.74) is 2.66. The largest absolute Gasteiger partial charge is 0.503 e. The standard InChI is InChI=1S/C21H21ClN2O3S/c1-4-14-8-6-7-9-16(14)23-21-24(3)20(26)18(28-21)12-13-10-15(22)19(25)17(11-13)27-5-2/h6-12,25H,4-5H2,1-3H3/b18-12+,23-21?. The number of likely N-dealkylation sites (N-methyl/N-ethyl adjacent to an activating group) is 1. The number of amides is 1. The number of phenols is 1. The Bertz CT molecular complexity index is 972. The number of hydrogen-bond acceptors (Lipinski definition) is 5. The van der Waals surface area contributed by atoms with Gasteiger partial charge < -0.3 is 9.84 Å². The number of carbonyl (C=O) groups is 1. The average Bonchev–Trinajstić information content (AvgIpc) is 2.94. The number of ether oxygens (including phenoxy) is 1. The van der Waals surface area contributed by atoms with Crippen LogP contribution in [0.25, 0.3) is 6.08 Å². The number of aliphatic imine (C=N–C) groups is 1. The summed E-state index contributed by atoms with van der Waals surface area (Å²) in [6.45, 7) is 4.29. The Hall–Kier alpha value is -2.44. The van der Waals surface area contributed by atoms with Crippen LogP contribution in [0, 0.1) is 0 Å². The molecule has 1 aliphatic heterocycles. The molecule has 0 radical (unpaired) electrons. The second-order valence-electron chi connectivity index (χ2n) is 6.13. The molecule has 0 spiro atoms. The topological polar surface area (TPSA) is 62.1 Å². The molecule has 3 rings (SSSR count). The zero-order valence-corrected chi connectivity index (χ0v) is 17.5. The summed E-state index contributed by atoms with van der Waals surface area (Å²) in [6.07, 6.45) is 2.59. The lowest BCUT2D eigenvalue weighted by atomic mass is 10.1. The quantitative estimate of drug-likeness (QED) is 0.677. The molecule has 0 aromatic heterocycles. The summed E-state index contributed by atoms with van der Waals surface area (Å²) in [6, 6.07) is 11.2. The van der Waals surface area contributed by atoms with Crippen LogP contribution in [-0.4, -0.2) is 34.7 Å². The number of hydrogen-bond donors (Lipinski definition) is 1. The molecule has 1 amide bonds. The monoisotopic (exact) mass is 416 g/mol. The highest BCUT2D eigenvalue weighted by Crippen LogP contribution is 2.38. The molecule has 1 fully saturated rings. The van der Waals surface area contributed by atoms with Crippen molar-refractivity contribution in [3.05, 3.63) is 57.5 Å². The second-order valence-corrected chi connectivity index (χ2v) is 7.55. The smallest absolute Gasteiger partial charge is 0.266 e. The van der Waals surface area contributed by atoms with E-state index in [-0.39, 0.29) is 22.4 Å². The molecule has 2 aromatic carbocycles. The van der Waals surface area contributed by atoms with Crippen LogP contribution in [0.5, 0.6) is 11.5 Å². The zero-order valence-electron chi connectivity index (χ0n) is 15.9. The van der Waals surface area contributed by atoms with E-state index in [0.29, 0.717) is 22.2 Å². The lowest BCUT2D eigenvalue weighted by Gasteiger charge is -2.09. The van der Waals surface area contributed by atoms with E-state index < -0.39 is 0 Å². The van der Waals surface area contributed by atoms with Crippen LogP contribution in [0.3, 0.4) is 0 Å². The molecule has 7 heteroatoms. The fourth-order valence-electron chi connectivity index (χ4n) is 2.77. The van der Waals surface area contributed by atoms with Crippen LogP contribution in [0.1, 0.15) is 25.0 Å². The van der Waals surface area contributed by atoms with Crippen LogP contribution in [0.15, 0.2) is 46.3 Å². The summed E-state index contributed by atoms with van der Waals surface area (Å²) in [5, 5.41) is 10.8. The molecule has 0 atom stereocenters. The predicted octanol–water partition coefficient (Wildman–Crippen LogP) is 5.24. The van der Waals surface area contributed by atoms with Gasteiger partial charge in [0, 0.05) is 7.05 Å². The molecule has 28 heavy (non-hydrogen) atoms. The molecular formula is C21H21ClN2O3S. The van der Waals surface area contributed by atoms with Crippen molar-refractivity contribution in [2.24, 2.45) is 4.99 Å². The van der Waals surface area contributed by atoms with Crippen molar-refractivity contribution < 1.29 is 14.6 Å². The number of benzene rings is 2. The van der Waals surface area contributed by atoms with Gasteiger partial charge >= 0.3 is 0 Å². The van der Waals surface area contributed by atoms with E-state index in [9.17, 15) is 9.90 Å². The molecule has 1 N–H and O–H groups in total. The van der Waals surface area contributed by atoms with Crippen LogP contribution < -0.4 is 4.74 Å². The van der Waals surface area contributed by atoms with E-state index in [1.807, 2.05) is 31.2 Å². The fourth-order valence-corrected chi connectivity index (χ4v) is 3.97. The zero-order chi connectivity index (χ0) is 20.3. The summed E-state index contributed by atoms with van der Waals surface area (Å²) in [4.78, 5) is 19.4. The molecule has 0 unspecified atom stereocenters. The Morgan fingerprint density at radius 1 is 1.29 bits per heavy atom. The van der Waals surface area contributed by atoms with E-state index in [1.54, 1.807) is 25.3 Å². The van der Waals surface area contributed by atoms with E-state index in [4.69, 9.17) is 16.3 Å². The molecule has 0 saturated carbocycles. The molecule has 1 heterocycles. The van der Waals surface area contributed by atoms with Gasteiger partial charge in [0.05, 0.1) is 22.2 Å². The summed E-state index contributed by atoms with van der Waals surface area (Å²) in [5.74, 6) is 0.0444. The fraction of sp³-hybridized carbons (Fsp3) is 0.238. The second kappa shape index (κ2) is 8.71. The number of para-hydroxylation sites is 1. The number of aryl methyl sites for hydroxylation is 1. The van der Waals surface area contributed by atoms with Gasteiger partial charge in [-0.05, 0) is 60.5 Å². The highest BCUT2D eigenvalue weighted by Gasteiger charge is 2.30. The van der Waals surface area contributed by atoms with Gasteiger partial charge in [0.15, 0.2) is 16.7 Å². The molecule has 2 aromatic rings. The van der Waals surface area contributed by atoms with Crippen molar-refractivity contribution in [3.8, 4) is 11.5 Å². The number of amidine groups is 1. The molecular weight excluding hydrogens is 396 g/mol. The molecule has 0 aliphatic carbocycles. The molecule has 146 valence electrons. The van der Waals surface area contributed by atoms with E-state index in [2.05, 4.69) is 11.9 Å². The van der Waals surface area contributed by atoms with Crippen molar-refractivity contribution in [1.82, 2.24) is 4.90 Å². The Kier molecular flexibility index (Phi) is 6.31. The average molecular weight is 417 g/mol. The Morgan fingerprint density at radius 3 is 2.75 bits per heavy atom. The molecule has 0 bridgehead atoms. The Morgan fingerprint density at radius 2 is 2.04 bits per heavy atom. The lowest BCUT2D eigenvalue weighted by Crippen LogP contribution is -2.23. The first-order valence-electron chi connectivity index (χ1n) is 8.94. The summed E-state index contributed by atoms with van der Waals surface area (Å²) in [7, 11) is 1.71.